The maximum atomic E-state index is 12.3. The minimum Gasteiger partial charge on any atom is -0.364 e. The molecule has 0 saturated heterocycles. The SMILES string of the molecule is C#CC(C)(C)Nc1c(Cl)cnn(CC2CCC2)c1=O. The normalized spacial score (nSPS) is 15.7. The van der Waals surface area contributed by atoms with Crippen LogP contribution in [0.4, 0.5) is 5.69 Å². The Morgan fingerprint density at radius 3 is 2.84 bits per heavy atom. The van der Waals surface area contributed by atoms with Gasteiger partial charge in [-0.15, -0.1) is 6.42 Å². The van der Waals surface area contributed by atoms with Gasteiger partial charge in [0.25, 0.3) is 5.56 Å². The van der Waals surface area contributed by atoms with Gasteiger partial charge in [-0.1, -0.05) is 23.9 Å². The number of anilines is 1. The maximum Gasteiger partial charge on any atom is 0.291 e. The second-order valence-corrected chi connectivity index (χ2v) is 5.95. The van der Waals surface area contributed by atoms with Crippen molar-refractivity contribution in [3.63, 3.8) is 0 Å². The molecular formula is C14H18ClN3O. The van der Waals surface area contributed by atoms with Crippen LogP contribution in [0.2, 0.25) is 5.02 Å². The minimum absolute atomic E-state index is 0.206. The summed E-state index contributed by atoms with van der Waals surface area (Å²) in [5, 5.41) is 7.41. The molecule has 2 rings (SSSR count). The molecule has 1 aliphatic rings. The first-order valence-corrected chi connectivity index (χ1v) is 6.82. The lowest BCUT2D eigenvalue weighted by atomic mass is 9.85. The van der Waals surface area contributed by atoms with Crippen molar-refractivity contribution >= 4 is 17.3 Å². The first-order chi connectivity index (χ1) is 8.93. The lowest BCUT2D eigenvalue weighted by Crippen LogP contribution is -2.36. The van der Waals surface area contributed by atoms with Gasteiger partial charge in [0.05, 0.1) is 16.8 Å². The zero-order valence-electron chi connectivity index (χ0n) is 11.2. The third-order valence-electron chi connectivity index (χ3n) is 3.45. The highest BCUT2D eigenvalue weighted by Crippen LogP contribution is 2.27. The van der Waals surface area contributed by atoms with Crippen LogP contribution in [-0.2, 0) is 6.54 Å². The van der Waals surface area contributed by atoms with Gasteiger partial charge in [-0.3, -0.25) is 4.79 Å². The van der Waals surface area contributed by atoms with Crippen LogP contribution in [0.1, 0.15) is 33.1 Å². The Kier molecular flexibility index (Phi) is 3.86. The summed E-state index contributed by atoms with van der Waals surface area (Å²) in [6.45, 7) is 4.29. The Morgan fingerprint density at radius 2 is 2.32 bits per heavy atom. The second-order valence-electron chi connectivity index (χ2n) is 5.55. The molecule has 0 spiro atoms. The van der Waals surface area contributed by atoms with Gasteiger partial charge < -0.3 is 5.32 Å². The fourth-order valence-corrected chi connectivity index (χ4v) is 2.15. The lowest BCUT2D eigenvalue weighted by Gasteiger charge is -2.26. The third-order valence-corrected chi connectivity index (χ3v) is 3.74. The van der Waals surface area contributed by atoms with Crippen LogP contribution in [0, 0.1) is 18.3 Å². The van der Waals surface area contributed by atoms with E-state index < -0.39 is 5.54 Å². The summed E-state index contributed by atoms with van der Waals surface area (Å²) in [6, 6.07) is 0. The Morgan fingerprint density at radius 1 is 1.63 bits per heavy atom. The van der Waals surface area contributed by atoms with Crippen LogP contribution in [0.3, 0.4) is 0 Å². The quantitative estimate of drug-likeness (QED) is 0.862. The van der Waals surface area contributed by atoms with Crippen molar-refractivity contribution in [2.45, 2.75) is 45.2 Å². The number of rotatable bonds is 4. The molecule has 0 aromatic carbocycles. The molecule has 1 aromatic heterocycles. The van der Waals surface area contributed by atoms with Crippen molar-refractivity contribution in [1.29, 1.82) is 0 Å². The van der Waals surface area contributed by atoms with Crippen LogP contribution in [0.5, 0.6) is 0 Å². The lowest BCUT2D eigenvalue weighted by molar-refractivity contribution is 0.262. The Hall–Kier alpha value is -1.47. The molecule has 0 bridgehead atoms. The van der Waals surface area contributed by atoms with Crippen molar-refractivity contribution in [3.8, 4) is 12.3 Å². The molecule has 1 aliphatic carbocycles. The van der Waals surface area contributed by atoms with Crippen molar-refractivity contribution < 1.29 is 0 Å². The van der Waals surface area contributed by atoms with E-state index in [1.54, 1.807) is 0 Å². The Bertz CT molecular complexity index is 567. The zero-order chi connectivity index (χ0) is 14.0. The average molecular weight is 280 g/mol. The van der Waals surface area contributed by atoms with Crippen molar-refractivity contribution in [2.24, 2.45) is 5.92 Å². The summed E-state index contributed by atoms with van der Waals surface area (Å²) in [6.07, 6.45) is 10.5. The van der Waals surface area contributed by atoms with Crippen LogP contribution in [0.25, 0.3) is 0 Å². The highest BCUT2D eigenvalue weighted by molar-refractivity contribution is 6.33. The van der Waals surface area contributed by atoms with E-state index in [4.69, 9.17) is 18.0 Å². The Balaban J connectivity index is 2.29. The molecular weight excluding hydrogens is 262 g/mol. The second kappa shape index (κ2) is 5.26. The van der Waals surface area contributed by atoms with Gasteiger partial charge in [0.1, 0.15) is 5.69 Å². The number of hydrogen-bond donors (Lipinski definition) is 1. The molecule has 4 nitrogen and oxygen atoms in total. The van der Waals surface area contributed by atoms with Gasteiger partial charge in [0, 0.05) is 6.54 Å². The maximum absolute atomic E-state index is 12.3. The van der Waals surface area contributed by atoms with Crippen LogP contribution >= 0.6 is 11.6 Å². The largest absolute Gasteiger partial charge is 0.364 e. The number of halogens is 1. The first-order valence-electron chi connectivity index (χ1n) is 6.44. The van der Waals surface area contributed by atoms with Gasteiger partial charge in [-0.05, 0) is 32.6 Å². The fraction of sp³-hybridized carbons (Fsp3) is 0.571. The van der Waals surface area contributed by atoms with E-state index in [0.29, 0.717) is 23.2 Å². The molecule has 0 amide bonds. The molecule has 0 unspecified atom stereocenters. The molecule has 0 aliphatic heterocycles. The van der Waals surface area contributed by atoms with Crippen molar-refractivity contribution in [3.05, 3.63) is 21.6 Å². The van der Waals surface area contributed by atoms with E-state index in [-0.39, 0.29) is 5.56 Å². The highest BCUT2D eigenvalue weighted by Gasteiger charge is 2.22. The molecule has 1 aromatic rings. The third kappa shape index (κ3) is 3.10. The van der Waals surface area contributed by atoms with Crippen LogP contribution < -0.4 is 10.9 Å². The van der Waals surface area contributed by atoms with E-state index in [1.165, 1.54) is 17.3 Å². The summed E-state index contributed by atoms with van der Waals surface area (Å²) in [5.74, 6) is 3.14. The predicted molar refractivity (Wildman–Crippen MR) is 77.4 cm³/mol. The number of nitrogens with one attached hydrogen (secondary N) is 1. The molecule has 1 saturated carbocycles. The molecule has 0 atom stereocenters. The molecule has 1 N–H and O–H groups in total. The molecule has 0 radical (unpaired) electrons. The van der Waals surface area contributed by atoms with E-state index in [0.717, 1.165) is 12.8 Å². The van der Waals surface area contributed by atoms with E-state index in [9.17, 15) is 4.79 Å². The van der Waals surface area contributed by atoms with E-state index in [2.05, 4.69) is 16.3 Å². The summed E-state index contributed by atoms with van der Waals surface area (Å²) in [4.78, 5) is 12.3. The molecule has 19 heavy (non-hydrogen) atoms. The molecule has 1 fully saturated rings. The standard InChI is InChI=1S/C14H18ClN3O/c1-4-14(2,3)17-12-11(15)8-16-18(13(12)19)9-10-6-5-7-10/h1,8,10,17H,5-7,9H2,2-3H3. The van der Waals surface area contributed by atoms with Gasteiger partial charge in [0.15, 0.2) is 0 Å². The fourth-order valence-electron chi connectivity index (χ4n) is 1.98. The number of aromatic nitrogens is 2. The number of nitrogens with zero attached hydrogens (tertiary/aromatic N) is 2. The van der Waals surface area contributed by atoms with E-state index >= 15 is 0 Å². The minimum atomic E-state index is -0.627. The summed E-state index contributed by atoms with van der Waals surface area (Å²) in [5.41, 5.74) is -0.500. The Labute approximate surface area is 118 Å². The van der Waals surface area contributed by atoms with Crippen molar-refractivity contribution in [2.75, 3.05) is 5.32 Å². The number of hydrogen-bond acceptors (Lipinski definition) is 3. The van der Waals surface area contributed by atoms with E-state index in [1.807, 2.05) is 13.8 Å². The summed E-state index contributed by atoms with van der Waals surface area (Å²) < 4.78 is 1.48. The molecule has 102 valence electrons. The van der Waals surface area contributed by atoms with Crippen molar-refractivity contribution in [1.82, 2.24) is 9.78 Å². The van der Waals surface area contributed by atoms with Gasteiger partial charge in [-0.25, -0.2) is 4.68 Å². The average Bonchev–Trinajstić information content (AvgIpc) is 2.31. The topological polar surface area (TPSA) is 46.9 Å². The smallest absolute Gasteiger partial charge is 0.291 e. The predicted octanol–water partition coefficient (Wildman–Crippen LogP) is 2.52. The number of terminal acetylenes is 1. The summed E-state index contributed by atoms with van der Waals surface area (Å²) >= 11 is 6.04. The van der Waals surface area contributed by atoms with Crippen LogP contribution in [0.15, 0.2) is 11.0 Å². The zero-order valence-corrected chi connectivity index (χ0v) is 12.0. The van der Waals surface area contributed by atoms with Gasteiger partial charge in [-0.2, -0.15) is 5.10 Å². The van der Waals surface area contributed by atoms with Gasteiger partial charge in [0.2, 0.25) is 0 Å². The van der Waals surface area contributed by atoms with Gasteiger partial charge >= 0.3 is 0 Å². The molecule has 1 heterocycles. The first kappa shape index (κ1) is 14.0. The molecule has 5 heteroatoms. The summed E-state index contributed by atoms with van der Waals surface area (Å²) in [7, 11) is 0. The monoisotopic (exact) mass is 279 g/mol. The van der Waals surface area contributed by atoms with Crippen LogP contribution in [-0.4, -0.2) is 15.3 Å². The highest BCUT2D eigenvalue weighted by atomic mass is 35.5.